The summed E-state index contributed by atoms with van der Waals surface area (Å²) in [6.45, 7) is 4.91. The van der Waals surface area contributed by atoms with E-state index in [1.807, 2.05) is 12.1 Å². The van der Waals surface area contributed by atoms with Crippen LogP contribution in [0.3, 0.4) is 0 Å². The van der Waals surface area contributed by atoms with Gasteiger partial charge in [-0.15, -0.1) is 0 Å². The number of rotatable bonds is 8. The van der Waals surface area contributed by atoms with Crippen molar-refractivity contribution in [1.82, 2.24) is 10.9 Å². The number of benzene rings is 2. The predicted molar refractivity (Wildman–Crippen MR) is 109 cm³/mol. The summed E-state index contributed by atoms with van der Waals surface area (Å²) in [6.07, 6.45) is 3.95. The van der Waals surface area contributed by atoms with Crippen molar-refractivity contribution in [2.24, 2.45) is 5.92 Å². The van der Waals surface area contributed by atoms with Gasteiger partial charge in [0.2, 0.25) is 0 Å². The maximum Gasteiger partial charge on any atom is 0.269 e. The zero-order valence-electron chi connectivity index (χ0n) is 16.4. The normalized spacial score (nSPS) is 10.7. The average molecular weight is 382 g/mol. The van der Waals surface area contributed by atoms with Gasteiger partial charge in [0.15, 0.2) is 0 Å². The van der Waals surface area contributed by atoms with E-state index >= 15 is 0 Å². The summed E-state index contributed by atoms with van der Waals surface area (Å²) in [4.78, 5) is 23.9. The highest BCUT2D eigenvalue weighted by Gasteiger charge is 2.06. The summed E-state index contributed by atoms with van der Waals surface area (Å²) < 4.78 is 10.7. The van der Waals surface area contributed by atoms with Gasteiger partial charge in [0, 0.05) is 11.6 Å². The highest BCUT2D eigenvalue weighted by atomic mass is 16.5. The maximum absolute atomic E-state index is 12.1. The van der Waals surface area contributed by atoms with Gasteiger partial charge in [-0.3, -0.25) is 20.4 Å². The Hall–Kier alpha value is -3.28. The molecule has 2 aromatic rings. The molecule has 0 spiro atoms. The van der Waals surface area contributed by atoms with Crippen LogP contribution in [-0.2, 0) is 4.79 Å². The molecule has 0 unspecified atom stereocenters. The monoisotopic (exact) mass is 382 g/mol. The zero-order valence-corrected chi connectivity index (χ0v) is 16.4. The SMILES string of the molecule is COc1ccc(C=CC(=O)NNC(=O)c2ccc(OCCC(C)C)cc2)cc1. The third kappa shape index (κ3) is 7.15. The lowest BCUT2D eigenvalue weighted by Crippen LogP contribution is -2.40. The number of hydrogen-bond acceptors (Lipinski definition) is 4. The Morgan fingerprint density at radius 2 is 1.61 bits per heavy atom. The van der Waals surface area contributed by atoms with Crippen LogP contribution < -0.4 is 20.3 Å². The number of amides is 2. The molecule has 0 aromatic heterocycles. The fourth-order valence-electron chi connectivity index (χ4n) is 2.23. The molecule has 0 saturated heterocycles. The van der Waals surface area contributed by atoms with E-state index in [9.17, 15) is 9.59 Å². The molecule has 0 fully saturated rings. The van der Waals surface area contributed by atoms with Crippen molar-refractivity contribution in [3.8, 4) is 11.5 Å². The summed E-state index contributed by atoms with van der Waals surface area (Å²) in [5.41, 5.74) is 6.00. The van der Waals surface area contributed by atoms with Crippen molar-refractivity contribution in [3.63, 3.8) is 0 Å². The molecule has 0 saturated carbocycles. The van der Waals surface area contributed by atoms with Crippen LogP contribution in [0.2, 0.25) is 0 Å². The molecule has 6 nitrogen and oxygen atoms in total. The second-order valence-corrected chi connectivity index (χ2v) is 6.61. The molecule has 2 aromatic carbocycles. The van der Waals surface area contributed by atoms with Crippen molar-refractivity contribution in [3.05, 3.63) is 65.7 Å². The van der Waals surface area contributed by atoms with Gasteiger partial charge < -0.3 is 9.47 Å². The first-order valence-corrected chi connectivity index (χ1v) is 9.13. The van der Waals surface area contributed by atoms with E-state index < -0.39 is 11.8 Å². The molecule has 0 bridgehead atoms. The Morgan fingerprint density at radius 1 is 0.964 bits per heavy atom. The van der Waals surface area contributed by atoms with Gasteiger partial charge in [0.1, 0.15) is 11.5 Å². The predicted octanol–water partition coefficient (Wildman–Crippen LogP) is 3.59. The topological polar surface area (TPSA) is 76.7 Å². The minimum Gasteiger partial charge on any atom is -0.497 e. The molecule has 2 N–H and O–H groups in total. The van der Waals surface area contributed by atoms with Crippen LogP contribution in [0.1, 0.15) is 36.2 Å². The van der Waals surface area contributed by atoms with Crippen molar-refractivity contribution in [2.45, 2.75) is 20.3 Å². The molecule has 0 aliphatic rings. The van der Waals surface area contributed by atoms with Crippen LogP contribution in [0, 0.1) is 5.92 Å². The summed E-state index contributed by atoms with van der Waals surface area (Å²) >= 11 is 0. The van der Waals surface area contributed by atoms with Crippen molar-refractivity contribution in [1.29, 1.82) is 0 Å². The maximum atomic E-state index is 12.1. The zero-order chi connectivity index (χ0) is 20.4. The van der Waals surface area contributed by atoms with Crippen molar-refractivity contribution >= 4 is 17.9 Å². The van der Waals surface area contributed by atoms with Crippen LogP contribution >= 0.6 is 0 Å². The van der Waals surface area contributed by atoms with Crippen LogP contribution in [0.5, 0.6) is 11.5 Å². The summed E-state index contributed by atoms with van der Waals surface area (Å²) in [5.74, 6) is 1.19. The fourth-order valence-corrected chi connectivity index (χ4v) is 2.23. The van der Waals surface area contributed by atoms with E-state index in [0.717, 1.165) is 17.7 Å². The molecule has 6 heteroatoms. The fraction of sp³-hybridized carbons (Fsp3) is 0.273. The minimum atomic E-state index is -0.433. The molecule has 0 radical (unpaired) electrons. The summed E-state index contributed by atoms with van der Waals surface area (Å²) in [6, 6.07) is 14.0. The van der Waals surface area contributed by atoms with Gasteiger partial charge in [0.25, 0.3) is 11.8 Å². The first-order chi connectivity index (χ1) is 13.5. The molecule has 0 atom stereocenters. The molecule has 2 amide bonds. The number of carbonyl (C=O) groups excluding carboxylic acids is 2. The Kier molecular flexibility index (Phi) is 8.09. The first kappa shape index (κ1) is 21.0. The van der Waals surface area contributed by atoms with E-state index in [4.69, 9.17) is 9.47 Å². The number of ether oxygens (including phenoxy) is 2. The van der Waals surface area contributed by atoms with Crippen LogP contribution in [0.25, 0.3) is 6.08 Å². The quantitative estimate of drug-likeness (QED) is 0.540. The summed E-state index contributed by atoms with van der Waals surface area (Å²) in [7, 11) is 1.59. The molecular weight excluding hydrogens is 356 g/mol. The average Bonchev–Trinajstić information content (AvgIpc) is 2.71. The summed E-state index contributed by atoms with van der Waals surface area (Å²) in [5, 5.41) is 0. The molecular formula is C22H26N2O4. The van der Waals surface area contributed by atoms with Gasteiger partial charge in [0.05, 0.1) is 13.7 Å². The second-order valence-electron chi connectivity index (χ2n) is 6.61. The Balaban J connectivity index is 1.78. The van der Waals surface area contributed by atoms with Crippen molar-refractivity contribution < 1.29 is 19.1 Å². The number of carbonyl (C=O) groups is 2. The van der Waals surface area contributed by atoms with Gasteiger partial charge in [-0.05, 0) is 60.4 Å². The highest BCUT2D eigenvalue weighted by Crippen LogP contribution is 2.14. The van der Waals surface area contributed by atoms with Gasteiger partial charge in [-0.25, -0.2) is 0 Å². The molecule has 2 rings (SSSR count). The number of hydrogen-bond donors (Lipinski definition) is 2. The third-order valence-corrected chi connectivity index (χ3v) is 3.92. The first-order valence-electron chi connectivity index (χ1n) is 9.13. The van der Waals surface area contributed by atoms with E-state index in [2.05, 4.69) is 24.7 Å². The smallest absolute Gasteiger partial charge is 0.269 e. The van der Waals surface area contributed by atoms with E-state index in [1.54, 1.807) is 49.6 Å². The standard InChI is InChI=1S/C22H26N2O4/c1-16(2)14-15-28-20-11-7-18(8-12-20)22(26)24-23-21(25)13-6-17-4-9-19(27-3)10-5-17/h4-13,16H,14-15H2,1-3H3,(H,23,25)(H,24,26). The van der Waals surface area contributed by atoms with Crippen molar-refractivity contribution in [2.75, 3.05) is 13.7 Å². The highest BCUT2D eigenvalue weighted by molar-refractivity contribution is 5.97. The van der Waals surface area contributed by atoms with E-state index in [-0.39, 0.29) is 0 Å². The third-order valence-electron chi connectivity index (χ3n) is 3.92. The van der Waals surface area contributed by atoms with Gasteiger partial charge in [-0.1, -0.05) is 26.0 Å². The molecule has 0 heterocycles. The molecule has 28 heavy (non-hydrogen) atoms. The van der Waals surface area contributed by atoms with Crippen LogP contribution in [0.4, 0.5) is 0 Å². The molecule has 148 valence electrons. The Bertz CT molecular complexity index is 796. The second kappa shape index (κ2) is 10.8. The lowest BCUT2D eigenvalue weighted by atomic mass is 10.1. The number of nitrogens with one attached hydrogen (secondary N) is 2. The van der Waals surface area contributed by atoms with E-state index in [0.29, 0.717) is 23.8 Å². The van der Waals surface area contributed by atoms with E-state index in [1.165, 1.54) is 6.08 Å². The Morgan fingerprint density at radius 3 is 2.21 bits per heavy atom. The van der Waals surface area contributed by atoms with Gasteiger partial charge in [-0.2, -0.15) is 0 Å². The lowest BCUT2D eigenvalue weighted by molar-refractivity contribution is -0.117. The van der Waals surface area contributed by atoms with Crippen LogP contribution in [-0.4, -0.2) is 25.5 Å². The molecule has 0 aliphatic heterocycles. The lowest BCUT2D eigenvalue weighted by Gasteiger charge is -2.09. The minimum absolute atomic E-state index is 0.403. The number of methoxy groups -OCH3 is 1. The Labute approximate surface area is 165 Å². The molecule has 0 aliphatic carbocycles. The van der Waals surface area contributed by atoms with Crippen LogP contribution in [0.15, 0.2) is 54.6 Å². The number of hydrazine groups is 1. The van der Waals surface area contributed by atoms with Gasteiger partial charge >= 0.3 is 0 Å². The largest absolute Gasteiger partial charge is 0.497 e.